The first-order chi connectivity index (χ1) is 15.5. The highest BCUT2D eigenvalue weighted by Gasteiger charge is 2.36. The fraction of sp³-hybridized carbons (Fsp3) is 0.400. The zero-order chi connectivity index (χ0) is 24.2. The number of halogens is 2. The summed E-state index contributed by atoms with van der Waals surface area (Å²) in [7, 11) is -0.231. The SMILES string of the molecule is COc1ccc(-n2nc(C(F)F)cc2-c2ccc(OCCO[Si](C)(C)C(C)(C)C)cc2)cc1. The van der Waals surface area contributed by atoms with E-state index in [1.165, 1.54) is 10.7 Å². The van der Waals surface area contributed by atoms with Crippen LogP contribution in [-0.2, 0) is 4.43 Å². The van der Waals surface area contributed by atoms with Gasteiger partial charge < -0.3 is 13.9 Å². The van der Waals surface area contributed by atoms with Crippen LogP contribution in [0.1, 0.15) is 32.9 Å². The van der Waals surface area contributed by atoms with Crippen molar-refractivity contribution in [2.45, 2.75) is 45.3 Å². The highest BCUT2D eigenvalue weighted by Crippen LogP contribution is 2.36. The van der Waals surface area contributed by atoms with Crippen LogP contribution in [0.3, 0.4) is 0 Å². The average Bonchev–Trinajstić information content (AvgIpc) is 3.22. The van der Waals surface area contributed by atoms with Gasteiger partial charge >= 0.3 is 0 Å². The Balaban J connectivity index is 1.73. The van der Waals surface area contributed by atoms with Crippen molar-refractivity contribution in [2.24, 2.45) is 0 Å². The number of methoxy groups -OCH3 is 1. The molecule has 1 aromatic heterocycles. The molecule has 5 nitrogen and oxygen atoms in total. The maximum absolute atomic E-state index is 13.4. The normalized spacial score (nSPS) is 12.3. The number of ether oxygens (including phenoxy) is 2. The first-order valence-corrected chi connectivity index (χ1v) is 13.8. The summed E-state index contributed by atoms with van der Waals surface area (Å²) in [6.45, 7) is 12.0. The van der Waals surface area contributed by atoms with Gasteiger partial charge in [-0.1, -0.05) is 20.8 Å². The van der Waals surface area contributed by atoms with Gasteiger partial charge in [0.15, 0.2) is 8.32 Å². The molecule has 0 saturated carbocycles. The van der Waals surface area contributed by atoms with E-state index in [1.807, 2.05) is 24.3 Å². The molecule has 1 heterocycles. The molecule has 0 spiro atoms. The third-order valence-corrected chi connectivity index (χ3v) is 10.6. The number of hydrogen-bond acceptors (Lipinski definition) is 4. The van der Waals surface area contributed by atoms with Gasteiger partial charge in [-0.3, -0.25) is 0 Å². The van der Waals surface area contributed by atoms with Crippen molar-refractivity contribution in [3.05, 3.63) is 60.3 Å². The van der Waals surface area contributed by atoms with Gasteiger partial charge in [0.1, 0.15) is 23.8 Å². The third-order valence-electron chi connectivity index (χ3n) is 6.04. The molecule has 3 rings (SSSR count). The molecule has 0 saturated heterocycles. The zero-order valence-electron chi connectivity index (χ0n) is 20.1. The summed E-state index contributed by atoms with van der Waals surface area (Å²) in [4.78, 5) is 0. The van der Waals surface area contributed by atoms with E-state index in [0.717, 1.165) is 5.56 Å². The molecule has 33 heavy (non-hydrogen) atoms. The van der Waals surface area contributed by atoms with E-state index >= 15 is 0 Å². The quantitative estimate of drug-likeness (QED) is 0.250. The van der Waals surface area contributed by atoms with Crippen LogP contribution in [-0.4, -0.2) is 38.4 Å². The van der Waals surface area contributed by atoms with Gasteiger partial charge in [-0.2, -0.15) is 5.10 Å². The first kappa shape index (κ1) is 24.9. The molecule has 0 fully saturated rings. The topological polar surface area (TPSA) is 45.5 Å². The van der Waals surface area contributed by atoms with Gasteiger partial charge in [0.25, 0.3) is 6.43 Å². The van der Waals surface area contributed by atoms with Crippen LogP contribution in [0.5, 0.6) is 11.5 Å². The Kier molecular flexibility index (Phi) is 7.59. The predicted octanol–water partition coefficient (Wildman–Crippen LogP) is 6.89. The molecule has 0 aliphatic heterocycles. The van der Waals surface area contributed by atoms with E-state index in [2.05, 4.69) is 39.0 Å². The molecule has 0 unspecified atom stereocenters. The average molecular weight is 475 g/mol. The van der Waals surface area contributed by atoms with Crippen LogP contribution in [0.2, 0.25) is 18.1 Å². The van der Waals surface area contributed by atoms with Crippen molar-refractivity contribution in [3.8, 4) is 28.4 Å². The monoisotopic (exact) mass is 474 g/mol. The maximum Gasteiger partial charge on any atom is 0.282 e. The van der Waals surface area contributed by atoms with Crippen LogP contribution in [0.15, 0.2) is 54.6 Å². The molecule has 0 aliphatic rings. The highest BCUT2D eigenvalue weighted by atomic mass is 28.4. The van der Waals surface area contributed by atoms with Crippen molar-refractivity contribution < 1.29 is 22.7 Å². The van der Waals surface area contributed by atoms with E-state index in [-0.39, 0.29) is 10.7 Å². The van der Waals surface area contributed by atoms with Gasteiger partial charge in [0.2, 0.25) is 0 Å². The fourth-order valence-electron chi connectivity index (χ4n) is 3.03. The number of aromatic nitrogens is 2. The molecular formula is C25H32F2N2O3Si. The van der Waals surface area contributed by atoms with Crippen molar-refractivity contribution in [1.82, 2.24) is 9.78 Å². The summed E-state index contributed by atoms with van der Waals surface area (Å²) < 4.78 is 45.4. The van der Waals surface area contributed by atoms with E-state index in [4.69, 9.17) is 13.9 Å². The van der Waals surface area contributed by atoms with Gasteiger partial charge in [-0.05, 0) is 72.7 Å². The first-order valence-electron chi connectivity index (χ1n) is 10.9. The summed E-state index contributed by atoms with van der Waals surface area (Å²) in [6.07, 6.45) is -2.66. The van der Waals surface area contributed by atoms with E-state index in [9.17, 15) is 8.78 Å². The molecule has 0 aliphatic carbocycles. The number of benzene rings is 2. The molecule has 0 radical (unpaired) electrons. The van der Waals surface area contributed by atoms with Crippen molar-refractivity contribution >= 4 is 8.32 Å². The fourth-order valence-corrected chi connectivity index (χ4v) is 4.05. The zero-order valence-corrected chi connectivity index (χ0v) is 21.1. The van der Waals surface area contributed by atoms with Crippen LogP contribution in [0.4, 0.5) is 8.78 Å². The van der Waals surface area contributed by atoms with Gasteiger partial charge in [-0.15, -0.1) is 0 Å². The molecule has 2 aromatic carbocycles. The maximum atomic E-state index is 13.4. The van der Waals surface area contributed by atoms with E-state index in [1.54, 1.807) is 31.4 Å². The second-order valence-electron chi connectivity index (χ2n) is 9.35. The summed E-state index contributed by atoms with van der Waals surface area (Å²) in [6, 6.07) is 15.9. The summed E-state index contributed by atoms with van der Waals surface area (Å²) in [5, 5.41) is 4.27. The van der Waals surface area contributed by atoms with E-state index in [0.29, 0.717) is 36.1 Å². The Morgan fingerprint density at radius 2 is 1.55 bits per heavy atom. The third kappa shape index (κ3) is 6.00. The Hall–Kier alpha value is -2.71. The second kappa shape index (κ2) is 10.1. The lowest BCUT2D eigenvalue weighted by molar-refractivity contribution is 0.145. The lowest BCUT2D eigenvalue weighted by atomic mass is 10.1. The largest absolute Gasteiger partial charge is 0.497 e. The number of rotatable bonds is 9. The van der Waals surface area contributed by atoms with Gasteiger partial charge in [-0.25, -0.2) is 13.5 Å². The van der Waals surface area contributed by atoms with Crippen LogP contribution in [0.25, 0.3) is 16.9 Å². The Morgan fingerprint density at radius 1 is 0.939 bits per heavy atom. The number of nitrogens with zero attached hydrogens (tertiary/aromatic N) is 2. The Bertz CT molecular complexity index is 1040. The summed E-state index contributed by atoms with van der Waals surface area (Å²) in [5.74, 6) is 1.38. The lowest BCUT2D eigenvalue weighted by Gasteiger charge is -2.36. The number of hydrogen-bond donors (Lipinski definition) is 0. The predicted molar refractivity (Wildman–Crippen MR) is 129 cm³/mol. The highest BCUT2D eigenvalue weighted by molar-refractivity contribution is 6.74. The van der Waals surface area contributed by atoms with Gasteiger partial charge in [0.05, 0.1) is 25.1 Å². The van der Waals surface area contributed by atoms with Crippen LogP contribution in [0, 0.1) is 0 Å². The lowest BCUT2D eigenvalue weighted by Crippen LogP contribution is -2.41. The smallest absolute Gasteiger partial charge is 0.282 e. The van der Waals surface area contributed by atoms with Crippen LogP contribution < -0.4 is 9.47 Å². The van der Waals surface area contributed by atoms with E-state index < -0.39 is 14.7 Å². The molecule has 0 N–H and O–H groups in total. The minimum atomic E-state index is -2.66. The minimum Gasteiger partial charge on any atom is -0.497 e. The van der Waals surface area contributed by atoms with Crippen molar-refractivity contribution in [3.63, 3.8) is 0 Å². The summed E-state index contributed by atoms with van der Waals surface area (Å²) >= 11 is 0. The van der Waals surface area contributed by atoms with Gasteiger partial charge in [0, 0.05) is 5.56 Å². The molecular weight excluding hydrogens is 442 g/mol. The standard InChI is InChI=1S/C25H32F2N2O3Si/c1-25(2,3)33(5,6)32-16-15-31-21-11-7-18(8-12-21)23-17-22(24(26)27)28-29(23)19-9-13-20(30-4)14-10-19/h7-14,17,24H,15-16H2,1-6H3. The Labute approximate surface area is 195 Å². The summed E-state index contributed by atoms with van der Waals surface area (Å²) in [5.41, 5.74) is 1.73. The van der Waals surface area contributed by atoms with Crippen LogP contribution >= 0.6 is 0 Å². The minimum absolute atomic E-state index is 0.151. The second-order valence-corrected chi connectivity index (χ2v) is 14.2. The molecule has 3 aromatic rings. The van der Waals surface area contributed by atoms with Crippen molar-refractivity contribution in [1.29, 1.82) is 0 Å². The Morgan fingerprint density at radius 3 is 2.09 bits per heavy atom. The number of alkyl halides is 2. The molecule has 178 valence electrons. The molecule has 0 atom stereocenters. The molecule has 0 bridgehead atoms. The van der Waals surface area contributed by atoms with Crippen molar-refractivity contribution in [2.75, 3.05) is 20.3 Å². The molecule has 8 heteroatoms. The molecule has 0 amide bonds.